The summed E-state index contributed by atoms with van der Waals surface area (Å²) in [6, 6.07) is 0.261. The van der Waals surface area contributed by atoms with Crippen molar-refractivity contribution >= 4 is 19.7 Å². The van der Waals surface area contributed by atoms with Gasteiger partial charge in [-0.25, -0.2) is 8.42 Å². The van der Waals surface area contributed by atoms with Crippen molar-refractivity contribution in [3.8, 4) is 0 Å². The number of aromatic nitrogens is 2. The number of hydrogen-bond acceptors (Lipinski definition) is 3. The molecule has 6 heteroatoms. The molecule has 1 fully saturated rings. The van der Waals surface area contributed by atoms with E-state index < -0.39 is 9.05 Å². The monoisotopic (exact) mass is 290 g/mol. The van der Waals surface area contributed by atoms with Gasteiger partial charge in [0, 0.05) is 10.7 Å². The van der Waals surface area contributed by atoms with Gasteiger partial charge in [-0.1, -0.05) is 13.8 Å². The lowest BCUT2D eigenvalue weighted by Gasteiger charge is -2.14. The standard InChI is InChI=1S/C12H19ClN2O2S/c1-4-10-12(18(13,16)17)11(5-2)15(14-10)8(3)9-6-7-9/h8-9H,4-7H2,1-3H3. The summed E-state index contributed by atoms with van der Waals surface area (Å²) in [6.45, 7) is 5.95. The van der Waals surface area contributed by atoms with Crippen LogP contribution in [0.2, 0.25) is 0 Å². The first kappa shape index (κ1) is 13.9. The molecule has 1 atom stereocenters. The zero-order chi connectivity index (χ0) is 13.5. The fourth-order valence-corrected chi connectivity index (χ4v) is 3.98. The molecule has 0 saturated heterocycles. The molecular formula is C12H19ClN2O2S. The van der Waals surface area contributed by atoms with Crippen molar-refractivity contribution in [2.75, 3.05) is 0 Å². The quantitative estimate of drug-likeness (QED) is 0.784. The highest BCUT2D eigenvalue weighted by Gasteiger charge is 2.34. The Balaban J connectivity index is 2.57. The fraction of sp³-hybridized carbons (Fsp3) is 0.750. The van der Waals surface area contributed by atoms with Crippen LogP contribution in [0.15, 0.2) is 4.90 Å². The SMILES string of the molecule is CCc1nn(C(C)C2CC2)c(CC)c1S(=O)(=O)Cl. The molecule has 0 amide bonds. The molecular weight excluding hydrogens is 272 g/mol. The molecule has 0 radical (unpaired) electrons. The van der Waals surface area contributed by atoms with Crippen molar-refractivity contribution in [1.29, 1.82) is 0 Å². The van der Waals surface area contributed by atoms with E-state index in [1.54, 1.807) is 0 Å². The average Bonchev–Trinajstić information content (AvgIpc) is 3.06. The van der Waals surface area contributed by atoms with Crippen molar-refractivity contribution in [1.82, 2.24) is 9.78 Å². The van der Waals surface area contributed by atoms with E-state index in [4.69, 9.17) is 10.7 Å². The maximum absolute atomic E-state index is 11.7. The average molecular weight is 291 g/mol. The Morgan fingerprint density at radius 1 is 1.39 bits per heavy atom. The molecule has 1 aliphatic carbocycles. The van der Waals surface area contributed by atoms with Gasteiger partial charge in [0.2, 0.25) is 0 Å². The number of hydrogen-bond donors (Lipinski definition) is 0. The molecule has 0 N–H and O–H groups in total. The lowest BCUT2D eigenvalue weighted by molar-refractivity contribution is 0.422. The lowest BCUT2D eigenvalue weighted by atomic mass is 10.2. The van der Waals surface area contributed by atoms with E-state index in [9.17, 15) is 8.42 Å². The Labute approximate surface area is 113 Å². The first-order valence-electron chi connectivity index (χ1n) is 6.45. The minimum atomic E-state index is -3.72. The van der Waals surface area contributed by atoms with Gasteiger partial charge in [-0.15, -0.1) is 0 Å². The molecule has 0 spiro atoms. The third-order valence-electron chi connectivity index (χ3n) is 3.63. The molecule has 102 valence electrons. The van der Waals surface area contributed by atoms with E-state index in [0.29, 0.717) is 24.5 Å². The number of aryl methyl sites for hydroxylation is 1. The van der Waals surface area contributed by atoms with Gasteiger partial charge in [-0.2, -0.15) is 5.10 Å². The summed E-state index contributed by atoms with van der Waals surface area (Å²) in [5.74, 6) is 0.630. The van der Waals surface area contributed by atoms with Crippen LogP contribution in [0.5, 0.6) is 0 Å². The van der Waals surface area contributed by atoms with Gasteiger partial charge in [0.25, 0.3) is 9.05 Å². The van der Waals surface area contributed by atoms with Crippen LogP contribution in [-0.4, -0.2) is 18.2 Å². The van der Waals surface area contributed by atoms with Crippen LogP contribution in [0.1, 0.15) is 51.0 Å². The van der Waals surface area contributed by atoms with Gasteiger partial charge in [0.1, 0.15) is 4.90 Å². The highest BCUT2D eigenvalue weighted by molar-refractivity contribution is 8.13. The van der Waals surface area contributed by atoms with Gasteiger partial charge in [0.05, 0.1) is 17.4 Å². The van der Waals surface area contributed by atoms with Crippen molar-refractivity contribution < 1.29 is 8.42 Å². The summed E-state index contributed by atoms with van der Waals surface area (Å²) in [6.07, 6.45) is 3.62. The van der Waals surface area contributed by atoms with Crippen molar-refractivity contribution in [3.05, 3.63) is 11.4 Å². The maximum atomic E-state index is 11.7. The van der Waals surface area contributed by atoms with Gasteiger partial charge < -0.3 is 0 Å². The Kier molecular flexibility index (Phi) is 3.74. The summed E-state index contributed by atoms with van der Waals surface area (Å²) in [7, 11) is 1.84. The maximum Gasteiger partial charge on any atom is 0.264 e. The predicted octanol–water partition coefficient (Wildman–Crippen LogP) is 2.91. The fourth-order valence-electron chi connectivity index (χ4n) is 2.46. The topological polar surface area (TPSA) is 52.0 Å². The number of rotatable bonds is 5. The van der Waals surface area contributed by atoms with Gasteiger partial charge >= 0.3 is 0 Å². The molecule has 1 aliphatic rings. The Morgan fingerprint density at radius 2 is 2.00 bits per heavy atom. The van der Waals surface area contributed by atoms with Gasteiger partial charge in [-0.05, 0) is 38.5 Å². The first-order valence-corrected chi connectivity index (χ1v) is 8.76. The van der Waals surface area contributed by atoms with E-state index in [-0.39, 0.29) is 10.9 Å². The van der Waals surface area contributed by atoms with E-state index in [1.807, 2.05) is 18.5 Å². The molecule has 2 rings (SSSR count). The molecule has 0 aliphatic heterocycles. The summed E-state index contributed by atoms with van der Waals surface area (Å²) in [4.78, 5) is 0.238. The van der Waals surface area contributed by atoms with Crippen LogP contribution >= 0.6 is 10.7 Å². The van der Waals surface area contributed by atoms with Crippen LogP contribution in [-0.2, 0) is 21.9 Å². The van der Waals surface area contributed by atoms with Crippen molar-refractivity contribution in [2.24, 2.45) is 5.92 Å². The Bertz CT molecular complexity index is 547. The molecule has 1 heterocycles. The van der Waals surface area contributed by atoms with Gasteiger partial charge in [-0.3, -0.25) is 4.68 Å². The van der Waals surface area contributed by atoms with Crippen LogP contribution in [0.25, 0.3) is 0 Å². The van der Waals surface area contributed by atoms with Crippen LogP contribution in [0.4, 0.5) is 0 Å². The highest BCUT2D eigenvalue weighted by atomic mass is 35.7. The van der Waals surface area contributed by atoms with Crippen LogP contribution in [0.3, 0.4) is 0 Å². The molecule has 1 saturated carbocycles. The van der Waals surface area contributed by atoms with Crippen LogP contribution < -0.4 is 0 Å². The molecule has 1 aromatic rings. The second-order valence-corrected chi connectivity index (χ2v) is 7.39. The van der Waals surface area contributed by atoms with Crippen LogP contribution in [0, 0.1) is 5.92 Å². The molecule has 1 aromatic heterocycles. The lowest BCUT2D eigenvalue weighted by Crippen LogP contribution is -2.13. The molecule has 18 heavy (non-hydrogen) atoms. The predicted molar refractivity (Wildman–Crippen MR) is 71.5 cm³/mol. The summed E-state index contributed by atoms with van der Waals surface area (Å²) >= 11 is 0. The number of halogens is 1. The minimum Gasteiger partial charge on any atom is -0.265 e. The largest absolute Gasteiger partial charge is 0.265 e. The molecule has 0 bridgehead atoms. The Morgan fingerprint density at radius 3 is 2.39 bits per heavy atom. The second-order valence-electron chi connectivity index (χ2n) is 4.89. The normalized spacial score (nSPS) is 18.0. The smallest absolute Gasteiger partial charge is 0.264 e. The number of nitrogens with zero attached hydrogens (tertiary/aromatic N) is 2. The first-order chi connectivity index (χ1) is 8.40. The van der Waals surface area contributed by atoms with Crippen molar-refractivity contribution in [3.63, 3.8) is 0 Å². The summed E-state index contributed by atoms with van der Waals surface area (Å²) < 4.78 is 25.3. The highest BCUT2D eigenvalue weighted by Crippen LogP contribution is 2.41. The molecule has 0 aromatic carbocycles. The summed E-state index contributed by atoms with van der Waals surface area (Å²) in [5, 5.41) is 4.48. The third-order valence-corrected chi connectivity index (χ3v) is 5.05. The van der Waals surface area contributed by atoms with Gasteiger partial charge in [0.15, 0.2) is 0 Å². The van der Waals surface area contributed by atoms with E-state index >= 15 is 0 Å². The Hall–Kier alpha value is -0.550. The molecule has 1 unspecified atom stereocenters. The zero-order valence-corrected chi connectivity index (χ0v) is 12.6. The van der Waals surface area contributed by atoms with E-state index in [2.05, 4.69) is 12.0 Å². The van der Waals surface area contributed by atoms with Crippen molar-refractivity contribution in [2.45, 2.75) is 57.4 Å². The van der Waals surface area contributed by atoms with E-state index in [0.717, 1.165) is 5.69 Å². The third kappa shape index (κ3) is 2.43. The minimum absolute atomic E-state index is 0.238. The molecule has 4 nitrogen and oxygen atoms in total. The van der Waals surface area contributed by atoms with E-state index in [1.165, 1.54) is 12.8 Å². The second kappa shape index (κ2) is 4.85. The zero-order valence-electron chi connectivity index (χ0n) is 11.0. The summed E-state index contributed by atoms with van der Waals surface area (Å²) in [5.41, 5.74) is 1.34.